The van der Waals surface area contributed by atoms with Crippen LogP contribution < -0.4 is 4.31 Å². The van der Waals surface area contributed by atoms with Crippen molar-refractivity contribution in [2.45, 2.75) is 12.8 Å². The van der Waals surface area contributed by atoms with Crippen molar-refractivity contribution in [1.29, 1.82) is 0 Å². The number of aromatic nitrogens is 1. The molecular weight excluding hydrogens is 284 g/mol. The van der Waals surface area contributed by atoms with Gasteiger partial charge in [0, 0.05) is 29.7 Å². The average molecular weight is 297 g/mol. The average Bonchev–Trinajstić information content (AvgIpc) is 2.39. The molecule has 3 rings (SSSR count). The van der Waals surface area contributed by atoms with Crippen LogP contribution in [0.2, 0.25) is 5.02 Å². The third-order valence-corrected chi connectivity index (χ3v) is 5.50. The highest BCUT2D eigenvalue weighted by molar-refractivity contribution is 7.92. The molecule has 19 heavy (non-hydrogen) atoms. The molecule has 0 radical (unpaired) electrons. The molecule has 0 saturated carbocycles. The summed E-state index contributed by atoms with van der Waals surface area (Å²) >= 11 is 6.11. The zero-order valence-electron chi connectivity index (χ0n) is 10.2. The number of sulfonamides is 1. The summed E-state index contributed by atoms with van der Waals surface area (Å²) in [5.74, 6) is 0.217. The molecule has 6 heteroatoms. The van der Waals surface area contributed by atoms with Crippen molar-refractivity contribution in [3.8, 4) is 0 Å². The minimum Gasteiger partial charge on any atom is -0.270 e. The Morgan fingerprint density at radius 2 is 2.05 bits per heavy atom. The zero-order chi connectivity index (χ0) is 13.5. The van der Waals surface area contributed by atoms with Gasteiger partial charge in [-0.3, -0.25) is 9.29 Å². The van der Waals surface area contributed by atoms with Crippen molar-refractivity contribution in [1.82, 2.24) is 4.98 Å². The van der Waals surface area contributed by atoms with Gasteiger partial charge in [-0.05, 0) is 25.0 Å². The normalized spacial score (nSPS) is 18.7. The zero-order valence-corrected chi connectivity index (χ0v) is 11.8. The summed E-state index contributed by atoms with van der Waals surface area (Å²) in [5, 5.41) is 2.27. The number of rotatable bonds is 1. The largest absolute Gasteiger partial charge is 0.270 e. The van der Waals surface area contributed by atoms with Crippen LogP contribution in [0.5, 0.6) is 0 Å². The first-order valence-corrected chi connectivity index (χ1v) is 8.10. The first kappa shape index (κ1) is 12.7. The van der Waals surface area contributed by atoms with Gasteiger partial charge in [0.2, 0.25) is 10.0 Å². The number of pyridine rings is 1. The molecule has 0 atom stereocenters. The molecule has 2 aromatic rings. The summed E-state index contributed by atoms with van der Waals surface area (Å²) in [7, 11) is -3.18. The van der Waals surface area contributed by atoms with E-state index in [-0.39, 0.29) is 5.75 Å². The van der Waals surface area contributed by atoms with Crippen molar-refractivity contribution in [3.63, 3.8) is 0 Å². The third-order valence-electron chi connectivity index (χ3n) is 3.33. The van der Waals surface area contributed by atoms with Crippen LogP contribution in [-0.2, 0) is 10.0 Å². The van der Waals surface area contributed by atoms with E-state index >= 15 is 0 Å². The summed E-state index contributed by atoms with van der Waals surface area (Å²) in [6, 6.07) is 5.49. The second kappa shape index (κ2) is 4.65. The van der Waals surface area contributed by atoms with Crippen molar-refractivity contribution in [2.75, 3.05) is 16.6 Å². The fourth-order valence-corrected chi connectivity index (χ4v) is 4.20. The monoisotopic (exact) mass is 296 g/mol. The van der Waals surface area contributed by atoms with Crippen LogP contribution in [-0.4, -0.2) is 25.7 Å². The Morgan fingerprint density at radius 1 is 1.21 bits per heavy atom. The quantitative estimate of drug-likeness (QED) is 0.813. The van der Waals surface area contributed by atoms with E-state index in [1.54, 1.807) is 12.4 Å². The summed E-state index contributed by atoms with van der Waals surface area (Å²) in [6.07, 6.45) is 4.91. The van der Waals surface area contributed by atoms with Gasteiger partial charge in [0.25, 0.3) is 0 Å². The summed E-state index contributed by atoms with van der Waals surface area (Å²) in [5.41, 5.74) is 0.681. The van der Waals surface area contributed by atoms with Gasteiger partial charge < -0.3 is 0 Å². The number of nitrogens with zero attached hydrogens (tertiary/aromatic N) is 2. The predicted octanol–water partition coefficient (Wildman–Crippen LogP) is 2.82. The summed E-state index contributed by atoms with van der Waals surface area (Å²) in [6.45, 7) is 0.538. The van der Waals surface area contributed by atoms with Crippen molar-refractivity contribution < 1.29 is 8.42 Å². The smallest absolute Gasteiger partial charge is 0.235 e. The lowest BCUT2D eigenvalue weighted by Crippen LogP contribution is -2.37. The number of fused-ring (bicyclic) bond motifs is 1. The Bertz CT molecular complexity index is 731. The highest BCUT2D eigenvalue weighted by atomic mass is 35.5. The molecule has 0 bridgehead atoms. The lowest BCUT2D eigenvalue weighted by atomic mass is 10.1. The van der Waals surface area contributed by atoms with Crippen LogP contribution in [0.3, 0.4) is 0 Å². The molecular formula is C13H13ClN2O2S. The highest BCUT2D eigenvalue weighted by Crippen LogP contribution is 2.30. The highest BCUT2D eigenvalue weighted by Gasteiger charge is 2.26. The van der Waals surface area contributed by atoms with Crippen molar-refractivity contribution >= 4 is 38.1 Å². The van der Waals surface area contributed by atoms with Crippen molar-refractivity contribution in [3.05, 3.63) is 35.6 Å². The van der Waals surface area contributed by atoms with Gasteiger partial charge in [0.05, 0.1) is 16.5 Å². The Hall–Kier alpha value is -1.33. The second-order valence-corrected chi connectivity index (χ2v) is 7.04. The van der Waals surface area contributed by atoms with Crippen LogP contribution in [0.15, 0.2) is 30.6 Å². The molecule has 2 heterocycles. The molecule has 1 aromatic carbocycles. The van der Waals surface area contributed by atoms with Crippen molar-refractivity contribution in [2.24, 2.45) is 0 Å². The first-order valence-electron chi connectivity index (χ1n) is 6.12. The minimum atomic E-state index is -3.18. The van der Waals surface area contributed by atoms with E-state index in [1.165, 1.54) is 4.31 Å². The Labute approximate surface area is 117 Å². The number of hydrogen-bond acceptors (Lipinski definition) is 3. The summed E-state index contributed by atoms with van der Waals surface area (Å²) < 4.78 is 25.6. The van der Waals surface area contributed by atoms with E-state index in [1.807, 2.05) is 18.2 Å². The Morgan fingerprint density at radius 3 is 2.84 bits per heavy atom. The molecule has 1 aromatic heterocycles. The minimum absolute atomic E-state index is 0.217. The van der Waals surface area contributed by atoms with Crippen LogP contribution in [0.25, 0.3) is 10.8 Å². The summed E-state index contributed by atoms with van der Waals surface area (Å²) in [4.78, 5) is 4.02. The fourth-order valence-electron chi connectivity index (χ4n) is 2.35. The molecule has 4 nitrogen and oxygen atoms in total. The van der Waals surface area contributed by atoms with Crippen LogP contribution in [0, 0.1) is 0 Å². The number of benzene rings is 1. The standard InChI is InChI=1S/C13H13ClN2O2S/c14-13-9-15-8-10-3-4-11(7-12(10)13)16-5-1-2-6-19(16,17)18/h3-4,7-9H,1-2,5-6H2. The maximum absolute atomic E-state index is 12.1. The van der Waals surface area contributed by atoms with Gasteiger partial charge in [-0.25, -0.2) is 8.42 Å². The van der Waals surface area contributed by atoms with E-state index < -0.39 is 10.0 Å². The van der Waals surface area contributed by atoms with E-state index in [4.69, 9.17) is 11.6 Å². The fraction of sp³-hybridized carbons (Fsp3) is 0.308. The van der Waals surface area contributed by atoms with E-state index in [0.717, 1.165) is 23.6 Å². The molecule has 1 aliphatic rings. The SMILES string of the molecule is O=S1(=O)CCCCN1c1ccc2cncc(Cl)c2c1. The van der Waals surface area contributed by atoms with Gasteiger partial charge in [-0.1, -0.05) is 17.7 Å². The van der Waals surface area contributed by atoms with Gasteiger partial charge in [0.1, 0.15) is 0 Å². The molecule has 100 valence electrons. The van der Waals surface area contributed by atoms with E-state index in [2.05, 4.69) is 4.98 Å². The van der Waals surface area contributed by atoms with Gasteiger partial charge in [-0.15, -0.1) is 0 Å². The topological polar surface area (TPSA) is 50.3 Å². The molecule has 0 amide bonds. The second-order valence-electron chi connectivity index (χ2n) is 4.62. The number of halogens is 1. The molecule has 0 aliphatic carbocycles. The van der Waals surface area contributed by atoms with Crippen LogP contribution in [0.1, 0.15) is 12.8 Å². The lowest BCUT2D eigenvalue weighted by Gasteiger charge is -2.28. The van der Waals surface area contributed by atoms with E-state index in [9.17, 15) is 8.42 Å². The van der Waals surface area contributed by atoms with E-state index in [0.29, 0.717) is 17.3 Å². The van der Waals surface area contributed by atoms with Gasteiger partial charge in [0.15, 0.2) is 0 Å². The Kier molecular flexibility index (Phi) is 3.11. The molecule has 1 aliphatic heterocycles. The third kappa shape index (κ3) is 2.28. The maximum atomic E-state index is 12.1. The molecule has 1 fully saturated rings. The maximum Gasteiger partial charge on any atom is 0.235 e. The molecule has 0 unspecified atom stereocenters. The van der Waals surface area contributed by atoms with Crippen LogP contribution in [0.4, 0.5) is 5.69 Å². The van der Waals surface area contributed by atoms with Crippen LogP contribution >= 0.6 is 11.6 Å². The lowest BCUT2D eigenvalue weighted by molar-refractivity contribution is 0.574. The number of anilines is 1. The number of hydrogen-bond donors (Lipinski definition) is 0. The Balaban J connectivity index is 2.13. The first-order chi connectivity index (χ1) is 9.08. The van der Waals surface area contributed by atoms with Gasteiger partial charge >= 0.3 is 0 Å². The molecule has 0 N–H and O–H groups in total. The van der Waals surface area contributed by atoms with Gasteiger partial charge in [-0.2, -0.15) is 0 Å². The predicted molar refractivity (Wildman–Crippen MR) is 77.1 cm³/mol. The molecule has 1 saturated heterocycles. The molecule has 0 spiro atoms.